The van der Waals surface area contributed by atoms with Crippen molar-refractivity contribution >= 4 is 23.2 Å². The molecule has 5 rings (SSSR count). The highest BCUT2D eigenvalue weighted by Gasteiger charge is 2.47. The molecule has 0 radical (unpaired) electrons. The Morgan fingerprint density at radius 1 is 0.838 bits per heavy atom. The van der Waals surface area contributed by atoms with E-state index < -0.39 is 5.92 Å². The molecule has 0 bridgehead atoms. The van der Waals surface area contributed by atoms with Crippen LogP contribution in [-0.4, -0.2) is 18.7 Å². The Kier molecular flexibility index (Phi) is 6.47. The number of ketones is 2. The maximum atomic E-state index is 13.5. The first kappa shape index (κ1) is 25.6. The highest BCUT2D eigenvalue weighted by Crippen LogP contribution is 2.53. The first-order valence-electron chi connectivity index (χ1n) is 12.7. The van der Waals surface area contributed by atoms with Crippen molar-refractivity contribution in [3.8, 4) is 11.5 Å². The molecule has 0 N–H and O–H groups in total. The van der Waals surface area contributed by atoms with Crippen LogP contribution in [0, 0.1) is 10.8 Å². The quantitative estimate of drug-likeness (QED) is 0.413. The van der Waals surface area contributed by atoms with Gasteiger partial charge in [0.15, 0.2) is 23.1 Å². The Bertz CT molecular complexity index is 1280. The number of ether oxygens (including phenoxy) is 3. The Morgan fingerprint density at radius 3 is 1.95 bits per heavy atom. The average Bonchev–Trinajstić information content (AvgIpc) is 2.80. The molecule has 0 amide bonds. The number of halogens is 1. The second-order valence-electron chi connectivity index (χ2n) is 11.9. The van der Waals surface area contributed by atoms with Gasteiger partial charge in [-0.2, -0.15) is 0 Å². The molecule has 0 spiro atoms. The van der Waals surface area contributed by atoms with E-state index in [1.165, 1.54) is 0 Å². The van der Waals surface area contributed by atoms with Gasteiger partial charge < -0.3 is 14.2 Å². The molecule has 37 heavy (non-hydrogen) atoms. The molecule has 1 heterocycles. The lowest BCUT2D eigenvalue weighted by atomic mass is 9.65. The molecule has 2 aromatic rings. The number of hydrogen-bond donors (Lipinski definition) is 0. The number of methoxy groups -OCH3 is 1. The molecule has 194 valence electrons. The fraction of sp³-hybridized carbons (Fsp3) is 0.419. The first-order valence-corrected chi connectivity index (χ1v) is 13.1. The first-order chi connectivity index (χ1) is 17.5. The van der Waals surface area contributed by atoms with Crippen LogP contribution in [0.4, 0.5) is 0 Å². The van der Waals surface area contributed by atoms with Crippen LogP contribution in [0.2, 0.25) is 5.02 Å². The second kappa shape index (κ2) is 9.36. The third-order valence-corrected chi connectivity index (χ3v) is 7.66. The molecule has 0 aromatic heterocycles. The zero-order chi connectivity index (χ0) is 26.5. The number of carbonyl (C=O) groups is 2. The van der Waals surface area contributed by atoms with E-state index in [2.05, 4.69) is 27.7 Å². The van der Waals surface area contributed by atoms with Crippen molar-refractivity contribution in [1.29, 1.82) is 0 Å². The largest absolute Gasteiger partial charge is 0.493 e. The third-order valence-electron chi connectivity index (χ3n) is 7.41. The normalized spacial score (nSPS) is 20.8. The Morgan fingerprint density at radius 2 is 1.41 bits per heavy atom. The summed E-state index contributed by atoms with van der Waals surface area (Å²) in [6.45, 7) is 8.67. The molecular weight excluding hydrogens is 488 g/mol. The molecule has 3 aliphatic rings. The van der Waals surface area contributed by atoms with Crippen molar-refractivity contribution in [2.24, 2.45) is 10.8 Å². The van der Waals surface area contributed by atoms with Crippen LogP contribution in [0.25, 0.3) is 0 Å². The zero-order valence-corrected chi connectivity index (χ0v) is 22.8. The van der Waals surface area contributed by atoms with E-state index in [0.717, 1.165) is 11.1 Å². The van der Waals surface area contributed by atoms with Crippen molar-refractivity contribution in [3.05, 3.63) is 81.3 Å². The fourth-order valence-corrected chi connectivity index (χ4v) is 5.86. The topological polar surface area (TPSA) is 61.8 Å². The minimum absolute atomic E-state index is 0.0416. The summed E-state index contributed by atoms with van der Waals surface area (Å²) in [5.41, 5.74) is 2.63. The molecular formula is C31H33ClO5. The van der Waals surface area contributed by atoms with Crippen LogP contribution in [0.5, 0.6) is 11.5 Å². The highest BCUT2D eigenvalue weighted by atomic mass is 35.5. The number of hydrogen-bond acceptors (Lipinski definition) is 5. The minimum Gasteiger partial charge on any atom is -0.493 e. The Hall–Kier alpha value is -3.05. The molecule has 1 aliphatic heterocycles. The summed E-state index contributed by atoms with van der Waals surface area (Å²) in [6, 6.07) is 13.2. The molecule has 2 aromatic carbocycles. The van der Waals surface area contributed by atoms with Gasteiger partial charge in [-0.05, 0) is 46.2 Å². The minimum atomic E-state index is -0.477. The van der Waals surface area contributed by atoms with Crippen LogP contribution in [0.1, 0.15) is 70.4 Å². The molecule has 0 saturated carbocycles. The summed E-state index contributed by atoms with van der Waals surface area (Å²) in [5.74, 6) is 2.15. The zero-order valence-electron chi connectivity index (χ0n) is 22.1. The molecule has 0 unspecified atom stereocenters. The maximum Gasteiger partial charge on any atom is 0.163 e. The predicted molar refractivity (Wildman–Crippen MR) is 143 cm³/mol. The lowest BCUT2D eigenvalue weighted by Crippen LogP contribution is -2.37. The monoisotopic (exact) mass is 520 g/mol. The maximum absolute atomic E-state index is 13.5. The summed E-state index contributed by atoms with van der Waals surface area (Å²) in [7, 11) is 1.60. The van der Waals surface area contributed by atoms with Gasteiger partial charge in [-0.3, -0.25) is 9.59 Å². The van der Waals surface area contributed by atoms with Crippen molar-refractivity contribution < 1.29 is 23.8 Å². The Labute approximate surface area is 223 Å². The summed E-state index contributed by atoms with van der Waals surface area (Å²) in [6.07, 6.45) is 2.16. The van der Waals surface area contributed by atoms with E-state index in [1.54, 1.807) is 7.11 Å². The molecule has 0 saturated heterocycles. The third kappa shape index (κ3) is 5.06. The molecule has 0 fully saturated rings. The van der Waals surface area contributed by atoms with Gasteiger partial charge in [0.05, 0.1) is 7.11 Å². The van der Waals surface area contributed by atoms with Gasteiger partial charge in [0, 0.05) is 47.8 Å². The summed E-state index contributed by atoms with van der Waals surface area (Å²) in [5, 5.41) is 0.664. The van der Waals surface area contributed by atoms with E-state index in [9.17, 15) is 9.59 Å². The summed E-state index contributed by atoms with van der Waals surface area (Å²) < 4.78 is 18.2. The average molecular weight is 521 g/mol. The number of rotatable bonds is 5. The van der Waals surface area contributed by atoms with Gasteiger partial charge in [-0.25, -0.2) is 0 Å². The van der Waals surface area contributed by atoms with Gasteiger partial charge >= 0.3 is 0 Å². The SMILES string of the molecule is COc1ccc(C2C3=C(CC(C)(C)CC3=O)OC3=C2C(=O)CC(C)(C)C3)cc1OCc1ccc(Cl)cc1. The van der Waals surface area contributed by atoms with Gasteiger partial charge in [0.2, 0.25) is 0 Å². The lowest BCUT2D eigenvalue weighted by molar-refractivity contribution is -0.120. The van der Waals surface area contributed by atoms with E-state index >= 15 is 0 Å². The van der Waals surface area contributed by atoms with Crippen LogP contribution in [-0.2, 0) is 20.9 Å². The molecule has 2 aliphatic carbocycles. The fourth-order valence-electron chi connectivity index (χ4n) is 5.74. The van der Waals surface area contributed by atoms with Crippen LogP contribution in [0.3, 0.4) is 0 Å². The van der Waals surface area contributed by atoms with Crippen molar-refractivity contribution in [3.63, 3.8) is 0 Å². The van der Waals surface area contributed by atoms with Crippen LogP contribution >= 0.6 is 11.6 Å². The number of allylic oxidation sites excluding steroid dienone is 4. The smallest absolute Gasteiger partial charge is 0.163 e. The standard InChI is InChI=1S/C31H33ClO5/c1-30(2)13-21(33)28-25(15-30)37-26-16-31(3,4)14-22(34)29(26)27(28)19-8-11-23(35-5)24(12-19)36-17-18-6-9-20(32)10-7-18/h6-12,27H,13-17H2,1-5H3. The predicted octanol–water partition coefficient (Wildman–Crippen LogP) is 7.33. The summed E-state index contributed by atoms with van der Waals surface area (Å²) in [4.78, 5) is 27.1. The van der Waals surface area contributed by atoms with E-state index in [1.807, 2.05) is 42.5 Å². The van der Waals surface area contributed by atoms with E-state index in [4.69, 9.17) is 25.8 Å². The van der Waals surface area contributed by atoms with E-state index in [-0.39, 0.29) is 22.4 Å². The lowest BCUT2D eigenvalue weighted by Gasteiger charge is -2.42. The number of carbonyl (C=O) groups excluding carboxylic acids is 2. The molecule has 6 heteroatoms. The van der Waals surface area contributed by atoms with Gasteiger partial charge in [-0.15, -0.1) is 0 Å². The van der Waals surface area contributed by atoms with E-state index in [0.29, 0.717) is 71.5 Å². The second-order valence-corrected chi connectivity index (χ2v) is 12.4. The number of benzene rings is 2. The molecule has 0 atom stereocenters. The van der Waals surface area contributed by atoms with Crippen LogP contribution < -0.4 is 9.47 Å². The molecule has 5 nitrogen and oxygen atoms in total. The number of Topliss-reactive ketones (excluding diaryl/α,β-unsaturated/α-hetero) is 2. The van der Waals surface area contributed by atoms with Crippen LogP contribution in [0.15, 0.2) is 65.1 Å². The van der Waals surface area contributed by atoms with Gasteiger partial charge in [0.25, 0.3) is 0 Å². The van der Waals surface area contributed by atoms with Crippen molar-refractivity contribution in [2.75, 3.05) is 7.11 Å². The summed E-state index contributed by atoms with van der Waals surface area (Å²) >= 11 is 6.02. The van der Waals surface area contributed by atoms with Gasteiger partial charge in [-0.1, -0.05) is 57.5 Å². The highest BCUT2D eigenvalue weighted by molar-refractivity contribution is 6.30. The van der Waals surface area contributed by atoms with Crippen molar-refractivity contribution in [2.45, 2.75) is 65.9 Å². The van der Waals surface area contributed by atoms with Crippen molar-refractivity contribution in [1.82, 2.24) is 0 Å². The Balaban J connectivity index is 1.59. The van der Waals surface area contributed by atoms with Gasteiger partial charge in [0.1, 0.15) is 18.1 Å².